The van der Waals surface area contributed by atoms with Gasteiger partial charge in [0.25, 0.3) is 5.92 Å². The van der Waals surface area contributed by atoms with Crippen molar-refractivity contribution in [2.24, 2.45) is 5.92 Å². The SMILES string of the molecule is C=CC(F)(F)CCC1=C(C)C=C(Cn2cc3c(C(=O)Oc4ccccc4)nccc3n2)[C@H]2CC2=C1. The lowest BCUT2D eigenvalue weighted by Crippen LogP contribution is -2.11. The Hall–Kier alpha value is -3.87. The Kier molecular flexibility index (Phi) is 5.93. The smallest absolute Gasteiger partial charge is 0.363 e. The number of fused-ring (bicyclic) bond motifs is 2. The average Bonchev–Trinajstić information content (AvgIpc) is 3.51. The van der Waals surface area contributed by atoms with E-state index >= 15 is 0 Å². The van der Waals surface area contributed by atoms with Crippen molar-refractivity contribution in [1.29, 1.82) is 0 Å². The van der Waals surface area contributed by atoms with Gasteiger partial charge in [0.2, 0.25) is 0 Å². The Balaban J connectivity index is 1.38. The van der Waals surface area contributed by atoms with Crippen molar-refractivity contribution in [1.82, 2.24) is 14.8 Å². The van der Waals surface area contributed by atoms with Gasteiger partial charge >= 0.3 is 5.97 Å². The van der Waals surface area contributed by atoms with Gasteiger partial charge in [-0.3, -0.25) is 4.68 Å². The third kappa shape index (κ3) is 4.99. The van der Waals surface area contributed by atoms with E-state index in [1.807, 2.05) is 19.2 Å². The maximum atomic E-state index is 13.7. The van der Waals surface area contributed by atoms with Gasteiger partial charge in [0.05, 0.1) is 17.4 Å². The predicted octanol–water partition coefficient (Wildman–Crippen LogP) is 6.45. The number of nitrogens with zero attached hydrogens (tertiary/aromatic N) is 3. The number of alkyl halides is 2. The van der Waals surface area contributed by atoms with Gasteiger partial charge in [-0.05, 0) is 60.8 Å². The molecule has 2 aliphatic rings. The Bertz CT molecular complexity index is 1400. The number of aromatic nitrogens is 3. The molecule has 178 valence electrons. The van der Waals surface area contributed by atoms with Crippen molar-refractivity contribution in [3.8, 4) is 5.75 Å². The largest absolute Gasteiger partial charge is 0.422 e. The van der Waals surface area contributed by atoms with E-state index in [9.17, 15) is 13.6 Å². The number of carbonyl (C=O) groups excluding carboxylic acids is 1. The molecular formula is C28H25F2N3O2. The molecule has 0 unspecified atom stereocenters. The van der Waals surface area contributed by atoms with E-state index in [1.54, 1.807) is 41.2 Å². The second kappa shape index (κ2) is 9.06. The molecule has 0 radical (unpaired) electrons. The van der Waals surface area contributed by atoms with Gasteiger partial charge in [0, 0.05) is 24.7 Å². The molecule has 0 N–H and O–H groups in total. The highest BCUT2D eigenvalue weighted by molar-refractivity contribution is 6.02. The molecule has 1 fully saturated rings. The van der Waals surface area contributed by atoms with Crippen molar-refractivity contribution >= 4 is 16.9 Å². The number of hydrogen-bond donors (Lipinski definition) is 0. The first-order chi connectivity index (χ1) is 16.8. The minimum absolute atomic E-state index is 0.209. The van der Waals surface area contributed by atoms with Gasteiger partial charge in [0.15, 0.2) is 5.69 Å². The quantitative estimate of drug-likeness (QED) is 0.214. The van der Waals surface area contributed by atoms with Crippen molar-refractivity contribution < 1.29 is 18.3 Å². The van der Waals surface area contributed by atoms with Crippen LogP contribution in [0.3, 0.4) is 0 Å². The highest BCUT2D eigenvalue weighted by Crippen LogP contribution is 2.47. The fourth-order valence-corrected chi connectivity index (χ4v) is 4.41. The molecular weight excluding hydrogens is 448 g/mol. The molecule has 7 heteroatoms. The van der Waals surface area contributed by atoms with Crippen molar-refractivity contribution in [3.05, 3.63) is 102 Å². The van der Waals surface area contributed by atoms with Gasteiger partial charge in [0.1, 0.15) is 5.75 Å². The monoisotopic (exact) mass is 473 g/mol. The van der Waals surface area contributed by atoms with E-state index in [4.69, 9.17) is 4.74 Å². The normalized spacial score (nSPS) is 17.4. The molecule has 0 spiro atoms. The van der Waals surface area contributed by atoms with Gasteiger partial charge in [-0.15, -0.1) is 0 Å². The molecule has 2 heterocycles. The van der Waals surface area contributed by atoms with Crippen molar-refractivity contribution in [2.45, 2.75) is 38.7 Å². The predicted molar refractivity (Wildman–Crippen MR) is 130 cm³/mol. The van der Waals surface area contributed by atoms with E-state index in [2.05, 4.69) is 28.8 Å². The Morgan fingerprint density at radius 2 is 2.06 bits per heavy atom. The van der Waals surface area contributed by atoms with Crippen LogP contribution in [0.2, 0.25) is 0 Å². The van der Waals surface area contributed by atoms with Crippen LogP contribution < -0.4 is 4.74 Å². The third-order valence-electron chi connectivity index (χ3n) is 6.44. The zero-order valence-electron chi connectivity index (χ0n) is 19.4. The van der Waals surface area contributed by atoms with Gasteiger partial charge in [-0.25, -0.2) is 18.6 Å². The number of ether oxygens (including phenoxy) is 1. The van der Waals surface area contributed by atoms with Crippen LogP contribution in [0.4, 0.5) is 8.78 Å². The molecule has 0 bridgehead atoms. The Morgan fingerprint density at radius 3 is 2.83 bits per heavy atom. The molecule has 2 aliphatic carbocycles. The lowest BCUT2D eigenvalue weighted by atomic mass is 10.00. The van der Waals surface area contributed by atoms with Crippen LogP contribution in [0, 0.1) is 5.92 Å². The topological polar surface area (TPSA) is 57.0 Å². The zero-order valence-corrected chi connectivity index (χ0v) is 19.4. The number of hydrogen-bond acceptors (Lipinski definition) is 4. The number of carbonyl (C=O) groups is 1. The number of rotatable bonds is 8. The standard InChI is InChI=1S/C28H25F2N3O2/c1-3-28(29,30)11-9-19-14-20-15-23(20)21(13-18(19)2)16-33-17-24-25(32-33)10-12-31-26(24)27(34)35-22-7-5-4-6-8-22/h3-8,10,12-14,17,23H,1,9,11,15-16H2,2H3/t23-/m0/s1. The number of para-hydroxylation sites is 1. The molecule has 0 amide bonds. The first-order valence-corrected chi connectivity index (χ1v) is 11.5. The van der Waals surface area contributed by atoms with Crippen LogP contribution in [0.15, 0.2) is 95.9 Å². The van der Waals surface area contributed by atoms with Crippen LogP contribution in [-0.4, -0.2) is 26.7 Å². The minimum Gasteiger partial charge on any atom is -0.422 e. The molecule has 3 aromatic rings. The van der Waals surface area contributed by atoms with Crippen LogP contribution in [0.1, 0.15) is 36.7 Å². The fraction of sp³-hybridized carbons (Fsp3) is 0.250. The molecule has 2 aromatic heterocycles. The van der Waals surface area contributed by atoms with Gasteiger partial charge < -0.3 is 4.74 Å². The summed E-state index contributed by atoms with van der Waals surface area (Å²) in [6, 6.07) is 10.6. The Morgan fingerprint density at radius 1 is 1.26 bits per heavy atom. The highest BCUT2D eigenvalue weighted by atomic mass is 19.3. The number of benzene rings is 1. The zero-order chi connectivity index (χ0) is 24.6. The van der Waals surface area contributed by atoms with Gasteiger partial charge in [-0.2, -0.15) is 5.10 Å². The second-order valence-corrected chi connectivity index (χ2v) is 8.99. The summed E-state index contributed by atoms with van der Waals surface area (Å²) in [6.45, 7) is 5.74. The molecule has 0 aliphatic heterocycles. The molecule has 1 saturated carbocycles. The molecule has 0 saturated heterocycles. The first-order valence-electron chi connectivity index (χ1n) is 11.5. The number of halogens is 2. The summed E-state index contributed by atoms with van der Waals surface area (Å²) in [7, 11) is 0. The number of pyridine rings is 1. The first kappa shape index (κ1) is 22.9. The Labute approximate surface area is 202 Å². The second-order valence-electron chi connectivity index (χ2n) is 8.99. The van der Waals surface area contributed by atoms with E-state index in [1.165, 1.54) is 11.1 Å². The van der Waals surface area contributed by atoms with Crippen LogP contribution >= 0.6 is 0 Å². The average molecular weight is 474 g/mol. The van der Waals surface area contributed by atoms with Crippen molar-refractivity contribution in [3.63, 3.8) is 0 Å². The van der Waals surface area contributed by atoms with E-state index < -0.39 is 11.9 Å². The number of esters is 1. The van der Waals surface area contributed by atoms with E-state index in [0.717, 1.165) is 23.6 Å². The fourth-order valence-electron chi connectivity index (χ4n) is 4.41. The summed E-state index contributed by atoms with van der Waals surface area (Å²) >= 11 is 0. The summed E-state index contributed by atoms with van der Waals surface area (Å²) in [5.41, 5.74) is 5.23. The maximum absolute atomic E-state index is 13.7. The molecule has 5 nitrogen and oxygen atoms in total. The van der Waals surface area contributed by atoms with E-state index in [-0.39, 0.29) is 12.1 Å². The van der Waals surface area contributed by atoms with Crippen molar-refractivity contribution in [2.75, 3.05) is 0 Å². The van der Waals surface area contributed by atoms with E-state index in [0.29, 0.717) is 35.5 Å². The van der Waals surface area contributed by atoms with Gasteiger partial charge in [-0.1, -0.05) is 42.5 Å². The number of allylic oxidation sites excluding steroid dienone is 7. The summed E-state index contributed by atoms with van der Waals surface area (Å²) in [4.78, 5) is 17.0. The summed E-state index contributed by atoms with van der Waals surface area (Å²) in [6.07, 6.45) is 9.22. The molecule has 1 atom stereocenters. The van der Waals surface area contributed by atoms with Crippen LogP contribution in [0.5, 0.6) is 5.75 Å². The maximum Gasteiger partial charge on any atom is 0.363 e. The lowest BCUT2D eigenvalue weighted by molar-refractivity contribution is 0.0465. The summed E-state index contributed by atoms with van der Waals surface area (Å²) in [5.74, 6) is -2.65. The molecule has 35 heavy (non-hydrogen) atoms. The summed E-state index contributed by atoms with van der Waals surface area (Å²) < 4.78 is 34.7. The third-order valence-corrected chi connectivity index (χ3v) is 6.44. The summed E-state index contributed by atoms with van der Waals surface area (Å²) in [5, 5.41) is 5.27. The molecule has 1 aromatic carbocycles. The minimum atomic E-state index is -2.86. The lowest BCUT2D eigenvalue weighted by Gasteiger charge is -2.12. The molecule has 5 rings (SSSR count). The van der Waals surface area contributed by atoms with Crippen LogP contribution in [-0.2, 0) is 6.54 Å². The highest BCUT2D eigenvalue weighted by Gasteiger charge is 2.35. The van der Waals surface area contributed by atoms with Crippen LogP contribution in [0.25, 0.3) is 10.9 Å².